The summed E-state index contributed by atoms with van der Waals surface area (Å²) in [5.41, 5.74) is 0.758. The highest BCUT2D eigenvalue weighted by Crippen LogP contribution is 2.29. The van der Waals surface area contributed by atoms with Crippen LogP contribution in [-0.2, 0) is 0 Å². The minimum atomic E-state index is -0.0320. The third-order valence-electron chi connectivity index (χ3n) is 3.95. The molecule has 3 heterocycles. The van der Waals surface area contributed by atoms with Crippen LogP contribution in [0.4, 0.5) is 0 Å². The fourth-order valence-electron chi connectivity index (χ4n) is 2.69. The van der Waals surface area contributed by atoms with Gasteiger partial charge in [-0.3, -0.25) is 4.79 Å². The lowest BCUT2D eigenvalue weighted by Crippen LogP contribution is -2.26. The van der Waals surface area contributed by atoms with Crippen molar-refractivity contribution in [1.29, 1.82) is 0 Å². The van der Waals surface area contributed by atoms with E-state index in [1.54, 1.807) is 0 Å². The average molecular weight is 319 g/mol. The van der Waals surface area contributed by atoms with Gasteiger partial charge in [-0.25, -0.2) is 4.98 Å². The first-order chi connectivity index (χ1) is 10.6. The molecule has 1 aliphatic heterocycles. The van der Waals surface area contributed by atoms with E-state index < -0.39 is 0 Å². The third-order valence-corrected chi connectivity index (χ3v) is 5.13. The molecule has 1 atom stereocenters. The van der Waals surface area contributed by atoms with Gasteiger partial charge in [0.15, 0.2) is 10.8 Å². The zero-order valence-electron chi connectivity index (χ0n) is 12.9. The summed E-state index contributed by atoms with van der Waals surface area (Å²) in [5, 5.41) is 7.11. The summed E-state index contributed by atoms with van der Waals surface area (Å²) in [4.78, 5) is 17.4. The number of thiazole rings is 1. The van der Waals surface area contributed by atoms with E-state index in [1.165, 1.54) is 17.8 Å². The molecule has 0 saturated carbocycles. The van der Waals surface area contributed by atoms with Crippen LogP contribution in [0, 0.1) is 19.8 Å². The van der Waals surface area contributed by atoms with Gasteiger partial charge in [0.05, 0.1) is 5.69 Å². The lowest BCUT2D eigenvalue weighted by molar-refractivity contribution is 0.0955. The maximum Gasteiger partial charge on any atom is 0.263 e. The number of amides is 1. The number of hydrogen-bond donors (Lipinski definition) is 2. The van der Waals surface area contributed by atoms with Gasteiger partial charge < -0.3 is 15.1 Å². The Morgan fingerprint density at radius 1 is 1.50 bits per heavy atom. The zero-order chi connectivity index (χ0) is 15.5. The van der Waals surface area contributed by atoms with Crippen molar-refractivity contribution in [3.05, 3.63) is 28.5 Å². The predicted octanol–water partition coefficient (Wildman–Crippen LogP) is 2.75. The van der Waals surface area contributed by atoms with E-state index in [0.29, 0.717) is 10.8 Å². The molecule has 2 aromatic rings. The van der Waals surface area contributed by atoms with Gasteiger partial charge in [-0.15, -0.1) is 11.3 Å². The van der Waals surface area contributed by atoms with E-state index in [4.69, 9.17) is 4.42 Å². The summed E-state index contributed by atoms with van der Waals surface area (Å²) in [6, 6.07) is 3.80. The number of furan rings is 1. The SMILES string of the molecule is Cc1ccc(-c2nc(C)c(C(=O)NCCC3CCNC3)s2)o1. The van der Waals surface area contributed by atoms with Crippen LogP contribution in [0.25, 0.3) is 10.8 Å². The molecule has 6 heteroatoms. The molecule has 1 saturated heterocycles. The highest BCUT2D eigenvalue weighted by Gasteiger charge is 2.19. The Labute approximate surface area is 134 Å². The Kier molecular flexibility index (Phi) is 4.59. The monoisotopic (exact) mass is 319 g/mol. The maximum absolute atomic E-state index is 12.3. The molecule has 0 bridgehead atoms. The fraction of sp³-hybridized carbons (Fsp3) is 0.500. The molecular weight excluding hydrogens is 298 g/mol. The second-order valence-electron chi connectivity index (χ2n) is 5.75. The van der Waals surface area contributed by atoms with Crippen molar-refractivity contribution in [3.8, 4) is 10.8 Å². The molecule has 2 aromatic heterocycles. The third kappa shape index (κ3) is 3.39. The molecule has 1 aliphatic rings. The van der Waals surface area contributed by atoms with Crippen molar-refractivity contribution in [2.45, 2.75) is 26.7 Å². The Balaban J connectivity index is 1.61. The molecule has 5 nitrogen and oxygen atoms in total. The molecule has 118 valence electrons. The predicted molar refractivity (Wildman–Crippen MR) is 87.2 cm³/mol. The van der Waals surface area contributed by atoms with Crippen LogP contribution in [0.2, 0.25) is 0 Å². The molecule has 3 rings (SSSR count). The van der Waals surface area contributed by atoms with Crippen molar-refractivity contribution in [2.24, 2.45) is 5.92 Å². The van der Waals surface area contributed by atoms with Crippen LogP contribution in [0.1, 0.15) is 34.0 Å². The Hall–Kier alpha value is -1.66. The van der Waals surface area contributed by atoms with Crippen molar-refractivity contribution >= 4 is 17.2 Å². The molecule has 0 aliphatic carbocycles. The van der Waals surface area contributed by atoms with E-state index >= 15 is 0 Å². The first-order valence-electron chi connectivity index (χ1n) is 7.66. The van der Waals surface area contributed by atoms with E-state index in [2.05, 4.69) is 15.6 Å². The minimum Gasteiger partial charge on any atom is -0.459 e. The average Bonchev–Trinajstić information content (AvgIpc) is 3.19. The van der Waals surface area contributed by atoms with E-state index in [0.717, 1.165) is 48.3 Å². The van der Waals surface area contributed by atoms with Crippen LogP contribution in [-0.4, -0.2) is 30.5 Å². The molecule has 22 heavy (non-hydrogen) atoms. The number of carbonyl (C=O) groups excluding carboxylic acids is 1. The first kappa shape index (κ1) is 15.2. The highest BCUT2D eigenvalue weighted by molar-refractivity contribution is 7.17. The van der Waals surface area contributed by atoms with Gasteiger partial charge in [0.25, 0.3) is 5.91 Å². The number of nitrogens with one attached hydrogen (secondary N) is 2. The molecule has 0 radical (unpaired) electrons. The summed E-state index contributed by atoms with van der Waals surface area (Å²) in [7, 11) is 0. The summed E-state index contributed by atoms with van der Waals surface area (Å²) >= 11 is 1.39. The van der Waals surface area contributed by atoms with Crippen LogP contribution in [0.15, 0.2) is 16.5 Å². The number of aryl methyl sites for hydroxylation is 2. The zero-order valence-corrected chi connectivity index (χ0v) is 13.8. The van der Waals surface area contributed by atoms with Crippen LogP contribution < -0.4 is 10.6 Å². The number of aromatic nitrogens is 1. The van der Waals surface area contributed by atoms with Crippen LogP contribution in [0.5, 0.6) is 0 Å². The standard InChI is InChI=1S/C16H21N3O2S/c1-10-3-4-13(21-10)16-19-11(2)14(22-16)15(20)18-8-6-12-5-7-17-9-12/h3-4,12,17H,5-9H2,1-2H3,(H,18,20). The molecule has 1 unspecified atom stereocenters. The Morgan fingerprint density at radius 3 is 3.05 bits per heavy atom. The van der Waals surface area contributed by atoms with Gasteiger partial charge in [-0.05, 0) is 57.8 Å². The normalized spacial score (nSPS) is 17.8. The number of hydrogen-bond acceptors (Lipinski definition) is 5. The molecule has 2 N–H and O–H groups in total. The van der Waals surface area contributed by atoms with Crippen LogP contribution in [0.3, 0.4) is 0 Å². The number of carbonyl (C=O) groups is 1. The Bertz CT molecular complexity index is 656. The lowest BCUT2D eigenvalue weighted by atomic mass is 10.1. The van der Waals surface area contributed by atoms with Crippen molar-refractivity contribution in [2.75, 3.05) is 19.6 Å². The van der Waals surface area contributed by atoms with Gasteiger partial charge in [0, 0.05) is 6.54 Å². The number of rotatable bonds is 5. The summed E-state index contributed by atoms with van der Waals surface area (Å²) in [6.45, 7) is 6.65. The topological polar surface area (TPSA) is 67.2 Å². The minimum absolute atomic E-state index is 0.0320. The van der Waals surface area contributed by atoms with E-state index in [1.807, 2.05) is 26.0 Å². The smallest absolute Gasteiger partial charge is 0.263 e. The summed E-state index contributed by atoms with van der Waals surface area (Å²) in [5.74, 6) is 2.22. The molecule has 0 aromatic carbocycles. The van der Waals surface area contributed by atoms with Crippen molar-refractivity contribution in [3.63, 3.8) is 0 Å². The van der Waals surface area contributed by atoms with Crippen molar-refractivity contribution in [1.82, 2.24) is 15.6 Å². The second kappa shape index (κ2) is 6.62. The maximum atomic E-state index is 12.3. The van der Waals surface area contributed by atoms with Gasteiger partial charge >= 0.3 is 0 Å². The highest BCUT2D eigenvalue weighted by atomic mass is 32.1. The van der Waals surface area contributed by atoms with E-state index in [9.17, 15) is 4.79 Å². The lowest BCUT2D eigenvalue weighted by Gasteiger charge is -2.08. The summed E-state index contributed by atoms with van der Waals surface area (Å²) < 4.78 is 5.58. The van der Waals surface area contributed by atoms with Crippen LogP contribution >= 0.6 is 11.3 Å². The second-order valence-corrected chi connectivity index (χ2v) is 6.75. The van der Waals surface area contributed by atoms with E-state index in [-0.39, 0.29) is 5.91 Å². The van der Waals surface area contributed by atoms with Crippen molar-refractivity contribution < 1.29 is 9.21 Å². The fourth-order valence-corrected chi connectivity index (χ4v) is 3.64. The molecule has 1 fully saturated rings. The van der Waals surface area contributed by atoms with Gasteiger partial charge in [-0.2, -0.15) is 0 Å². The first-order valence-corrected chi connectivity index (χ1v) is 8.48. The van der Waals surface area contributed by atoms with Gasteiger partial charge in [-0.1, -0.05) is 0 Å². The quantitative estimate of drug-likeness (QED) is 0.889. The summed E-state index contributed by atoms with van der Waals surface area (Å²) in [6.07, 6.45) is 2.23. The number of nitrogens with zero attached hydrogens (tertiary/aromatic N) is 1. The molecule has 1 amide bonds. The van der Waals surface area contributed by atoms with Gasteiger partial charge in [0.2, 0.25) is 0 Å². The molecular formula is C16H21N3O2S. The van der Waals surface area contributed by atoms with Gasteiger partial charge in [0.1, 0.15) is 10.6 Å². The Morgan fingerprint density at radius 2 is 2.36 bits per heavy atom. The largest absolute Gasteiger partial charge is 0.459 e. The molecule has 0 spiro atoms.